The van der Waals surface area contributed by atoms with Crippen molar-refractivity contribution in [3.05, 3.63) is 24.3 Å². The van der Waals surface area contributed by atoms with E-state index in [0.717, 1.165) is 64.2 Å². The van der Waals surface area contributed by atoms with Crippen molar-refractivity contribution in [1.29, 1.82) is 0 Å². The van der Waals surface area contributed by atoms with Gasteiger partial charge in [0.1, 0.15) is 19.8 Å². The van der Waals surface area contributed by atoms with E-state index in [4.69, 9.17) is 18.5 Å². The van der Waals surface area contributed by atoms with Crippen molar-refractivity contribution in [3.63, 3.8) is 0 Å². The number of nitrogens with zero attached hydrogens (tertiary/aromatic N) is 1. The Morgan fingerprint density at radius 3 is 1.42 bits per heavy atom. The molecule has 1 unspecified atom stereocenters. The highest BCUT2D eigenvalue weighted by Crippen LogP contribution is 2.43. The molecule has 0 aromatic rings. The molecule has 0 saturated heterocycles. The summed E-state index contributed by atoms with van der Waals surface area (Å²) in [5.41, 5.74) is 0. The summed E-state index contributed by atoms with van der Waals surface area (Å²) in [6, 6.07) is 0. The first kappa shape index (κ1) is 53.5. The van der Waals surface area contributed by atoms with E-state index in [1.807, 2.05) is 0 Å². The van der Waals surface area contributed by atoms with Gasteiger partial charge in [-0.1, -0.05) is 141 Å². The molecule has 0 radical (unpaired) electrons. The van der Waals surface area contributed by atoms with Crippen molar-refractivity contribution < 1.29 is 47.2 Å². The number of phosphoric acid groups is 1. The van der Waals surface area contributed by atoms with Crippen LogP contribution < -0.4 is 0 Å². The molecule has 11 heteroatoms. The molecular formula is C44H85NO9P+. The monoisotopic (exact) mass is 803 g/mol. The first-order valence-corrected chi connectivity index (χ1v) is 23.7. The minimum atomic E-state index is -4.47. The Bertz CT molecular complexity index is 1000. The van der Waals surface area contributed by atoms with Crippen LogP contribution in [-0.4, -0.2) is 79.7 Å². The van der Waals surface area contributed by atoms with Gasteiger partial charge in [-0.15, -0.1) is 0 Å². The predicted molar refractivity (Wildman–Crippen MR) is 226 cm³/mol. The molecule has 0 aromatic heterocycles. The van der Waals surface area contributed by atoms with E-state index >= 15 is 0 Å². The molecule has 2 atom stereocenters. The lowest BCUT2D eigenvalue weighted by Gasteiger charge is -2.27. The summed E-state index contributed by atoms with van der Waals surface area (Å²) in [4.78, 5) is 35.4. The Morgan fingerprint density at radius 1 is 0.582 bits per heavy atom. The maximum atomic E-state index is 12.7. The summed E-state index contributed by atoms with van der Waals surface area (Å²) in [5.74, 6) is -0.862. The van der Waals surface area contributed by atoms with Crippen LogP contribution in [0.5, 0.6) is 0 Å². The van der Waals surface area contributed by atoms with Gasteiger partial charge in [-0.25, -0.2) is 4.57 Å². The number of phosphoric ester groups is 1. The number of allylic oxidation sites excluding steroid dienone is 4. The number of quaternary nitrogens is 1. The highest BCUT2D eigenvalue weighted by Gasteiger charge is 2.27. The third-order valence-corrected chi connectivity index (χ3v) is 10.8. The highest BCUT2D eigenvalue weighted by molar-refractivity contribution is 7.47. The second-order valence-electron chi connectivity index (χ2n) is 15.9. The fourth-order valence-corrected chi connectivity index (χ4v) is 6.73. The Kier molecular flexibility index (Phi) is 36.9. The molecule has 55 heavy (non-hydrogen) atoms. The molecule has 0 aliphatic rings. The van der Waals surface area contributed by atoms with Crippen LogP contribution in [0.3, 0.4) is 0 Å². The van der Waals surface area contributed by atoms with Gasteiger partial charge in [-0.2, -0.15) is 0 Å². The minimum Gasteiger partial charge on any atom is -0.462 e. The summed E-state index contributed by atoms with van der Waals surface area (Å²) in [5, 5.41) is 9.39. The largest absolute Gasteiger partial charge is 0.472 e. The number of unbranched alkanes of at least 4 members (excludes halogenated alkanes) is 22. The quantitative estimate of drug-likeness (QED) is 0.0155. The molecular weight excluding hydrogens is 717 g/mol. The Morgan fingerprint density at radius 2 is 0.982 bits per heavy atom. The summed E-state index contributed by atoms with van der Waals surface area (Å²) < 4.78 is 33.8. The van der Waals surface area contributed by atoms with Gasteiger partial charge in [0.25, 0.3) is 0 Å². The highest BCUT2D eigenvalue weighted by atomic mass is 31.2. The van der Waals surface area contributed by atoms with Gasteiger partial charge in [-0.05, 0) is 64.2 Å². The number of carbonyl (C=O) groups excluding carboxylic acids is 2. The van der Waals surface area contributed by atoms with E-state index in [-0.39, 0.29) is 43.8 Å². The van der Waals surface area contributed by atoms with E-state index in [9.17, 15) is 24.2 Å². The van der Waals surface area contributed by atoms with Crippen molar-refractivity contribution in [3.8, 4) is 0 Å². The molecule has 0 bridgehead atoms. The Balaban J connectivity index is 4.44. The number of rotatable bonds is 41. The van der Waals surface area contributed by atoms with Crippen LogP contribution in [0.25, 0.3) is 0 Å². The summed E-state index contributed by atoms with van der Waals surface area (Å²) in [6.07, 6.45) is 38.9. The number of ether oxygens (including phenoxy) is 2. The van der Waals surface area contributed by atoms with E-state index < -0.39 is 32.5 Å². The van der Waals surface area contributed by atoms with Crippen molar-refractivity contribution in [1.82, 2.24) is 0 Å². The van der Waals surface area contributed by atoms with E-state index in [0.29, 0.717) is 12.8 Å². The zero-order valence-corrected chi connectivity index (χ0v) is 36.8. The second kappa shape index (κ2) is 38.0. The average Bonchev–Trinajstić information content (AvgIpc) is 3.15. The number of esters is 2. The van der Waals surface area contributed by atoms with Gasteiger partial charge in [0.15, 0.2) is 12.8 Å². The molecule has 0 fully saturated rings. The fraction of sp³-hybridized carbons (Fsp3) is 0.864. The number of aliphatic hydroxyl groups excluding tert-OH is 1. The maximum absolute atomic E-state index is 12.7. The fourth-order valence-electron chi connectivity index (χ4n) is 5.99. The molecule has 0 aliphatic heterocycles. The molecule has 0 heterocycles. The zero-order chi connectivity index (χ0) is 40.7. The standard InChI is InChI=1S/C44H84NO9P/c1-5-7-9-11-13-15-17-19-21-23-25-27-29-31-33-35-43(47)51-39-42(40-53-55(49,50)52-38-37-45(3,4)41-46)54-44(48)36-34-32-30-28-26-24-22-20-18-16-14-12-10-8-6-2/h19-22,42,46H,5-18,23-41H2,1-4H3/p+1/b21-19-,22-20-/t42-/m1/s1. The summed E-state index contributed by atoms with van der Waals surface area (Å²) in [6.45, 7) is 3.78. The number of hydrogen-bond donors (Lipinski definition) is 2. The SMILES string of the molecule is CCCCCCCC/C=C\CCCCCCCC(=O)OC[C@H](COP(=O)(O)OCC[N+](C)(C)CO)OC(=O)CCCCCCC/C=C\CCCCCCCC. The first-order valence-electron chi connectivity index (χ1n) is 22.2. The van der Waals surface area contributed by atoms with Crippen LogP contribution in [0.2, 0.25) is 0 Å². The molecule has 0 aliphatic carbocycles. The van der Waals surface area contributed by atoms with E-state index in [2.05, 4.69) is 38.2 Å². The van der Waals surface area contributed by atoms with Crippen LogP contribution in [0.1, 0.15) is 194 Å². The average molecular weight is 803 g/mol. The van der Waals surface area contributed by atoms with Gasteiger partial charge in [-0.3, -0.25) is 18.6 Å². The number of aliphatic hydroxyl groups is 1. The molecule has 0 rings (SSSR count). The molecule has 0 amide bonds. The minimum absolute atomic E-state index is 0.119. The second-order valence-corrected chi connectivity index (χ2v) is 17.3. The maximum Gasteiger partial charge on any atom is 0.472 e. The first-order chi connectivity index (χ1) is 26.5. The number of carbonyl (C=O) groups is 2. The molecule has 0 aromatic carbocycles. The lowest BCUT2D eigenvalue weighted by atomic mass is 10.1. The third-order valence-electron chi connectivity index (χ3n) is 9.77. The van der Waals surface area contributed by atoms with Gasteiger partial charge >= 0.3 is 19.8 Å². The van der Waals surface area contributed by atoms with Crippen molar-refractivity contribution in [2.75, 3.05) is 47.2 Å². The summed E-state index contributed by atoms with van der Waals surface area (Å²) in [7, 11) is -0.959. The van der Waals surface area contributed by atoms with Crippen LogP contribution in [0.15, 0.2) is 24.3 Å². The Hall–Kier alpha value is -1.55. The Labute approximate surface area is 337 Å². The van der Waals surface area contributed by atoms with Crippen molar-refractivity contribution in [2.45, 2.75) is 200 Å². The van der Waals surface area contributed by atoms with Gasteiger partial charge in [0.05, 0.1) is 20.7 Å². The lowest BCUT2D eigenvalue weighted by molar-refractivity contribution is -0.908. The molecule has 0 saturated carbocycles. The van der Waals surface area contributed by atoms with Crippen LogP contribution in [0.4, 0.5) is 0 Å². The van der Waals surface area contributed by atoms with E-state index in [1.54, 1.807) is 14.1 Å². The van der Waals surface area contributed by atoms with Gasteiger partial charge < -0.3 is 24.0 Å². The summed E-state index contributed by atoms with van der Waals surface area (Å²) >= 11 is 0. The lowest BCUT2D eigenvalue weighted by Crippen LogP contribution is -2.42. The molecule has 2 N–H and O–H groups in total. The van der Waals surface area contributed by atoms with Crippen molar-refractivity contribution >= 4 is 19.8 Å². The van der Waals surface area contributed by atoms with Crippen molar-refractivity contribution in [2.24, 2.45) is 0 Å². The third kappa shape index (κ3) is 39.1. The zero-order valence-electron chi connectivity index (χ0n) is 35.9. The molecule has 10 nitrogen and oxygen atoms in total. The number of hydrogen-bond acceptors (Lipinski definition) is 8. The molecule has 324 valence electrons. The normalized spacial score (nSPS) is 13.8. The van der Waals surface area contributed by atoms with E-state index in [1.165, 1.54) is 89.9 Å². The molecule has 0 spiro atoms. The van der Waals surface area contributed by atoms with Gasteiger partial charge in [0, 0.05) is 12.8 Å². The predicted octanol–water partition coefficient (Wildman–Crippen LogP) is 11.7. The van der Waals surface area contributed by atoms with Crippen LogP contribution in [-0.2, 0) is 32.7 Å². The smallest absolute Gasteiger partial charge is 0.462 e. The van der Waals surface area contributed by atoms with Crippen LogP contribution in [0, 0.1) is 0 Å². The number of likely N-dealkylation sites (N-methyl/N-ethyl adjacent to an activating group) is 1. The van der Waals surface area contributed by atoms with Gasteiger partial charge in [0.2, 0.25) is 0 Å². The van der Waals surface area contributed by atoms with Crippen LogP contribution >= 0.6 is 7.82 Å². The topological polar surface area (TPSA) is 129 Å².